The highest BCUT2D eigenvalue weighted by molar-refractivity contribution is 6.34. The number of carbonyl (C=O) groups excluding carboxylic acids is 1. The number of amides is 1. The Balaban J connectivity index is 2.18. The predicted molar refractivity (Wildman–Crippen MR) is 69.6 cm³/mol. The summed E-state index contributed by atoms with van der Waals surface area (Å²) in [5, 5.41) is 3.68. The van der Waals surface area contributed by atoms with Crippen LogP contribution in [-0.4, -0.2) is 32.1 Å². The maximum Gasteiger partial charge on any atom is 0.250 e. The van der Waals surface area contributed by atoms with E-state index in [9.17, 15) is 4.79 Å². The minimum Gasteiger partial charge on any atom is -0.370 e. The van der Waals surface area contributed by atoms with Gasteiger partial charge in [-0.25, -0.2) is 0 Å². The van der Waals surface area contributed by atoms with E-state index >= 15 is 0 Å². The number of likely N-dealkylation sites (N-methyl/N-ethyl adjacent to an activating group) is 1. The minimum absolute atomic E-state index is 0.375. The topological polar surface area (TPSA) is 58.4 Å². The second kappa shape index (κ2) is 4.94. The summed E-state index contributed by atoms with van der Waals surface area (Å²) in [5.74, 6) is -0.490. The normalized spacial score (nSPS) is 19.6. The summed E-state index contributed by atoms with van der Waals surface area (Å²) in [5.41, 5.74) is 6.63. The number of nitrogens with two attached hydrogens (primary N) is 1. The Kier molecular flexibility index (Phi) is 3.54. The van der Waals surface area contributed by atoms with Crippen molar-refractivity contribution in [1.29, 1.82) is 0 Å². The molecule has 5 heteroatoms. The number of anilines is 1. The Morgan fingerprint density at radius 2 is 2.35 bits per heavy atom. The molecule has 0 radical (unpaired) electrons. The van der Waals surface area contributed by atoms with Crippen molar-refractivity contribution in [2.24, 2.45) is 5.73 Å². The zero-order valence-electron chi connectivity index (χ0n) is 9.74. The van der Waals surface area contributed by atoms with Crippen molar-refractivity contribution in [3.05, 3.63) is 28.8 Å². The highest BCUT2D eigenvalue weighted by Crippen LogP contribution is 2.26. The fraction of sp³-hybridized carbons (Fsp3) is 0.417. The van der Waals surface area contributed by atoms with Gasteiger partial charge in [0.2, 0.25) is 5.91 Å². The van der Waals surface area contributed by atoms with E-state index in [1.54, 1.807) is 12.1 Å². The molecule has 1 aliphatic heterocycles. The molecule has 4 nitrogen and oxygen atoms in total. The molecule has 0 saturated carbocycles. The number of hydrogen-bond donors (Lipinski definition) is 2. The highest BCUT2D eigenvalue weighted by Gasteiger charge is 2.21. The van der Waals surface area contributed by atoms with E-state index in [0.717, 1.165) is 25.2 Å². The Hall–Kier alpha value is -1.26. The molecule has 92 valence electrons. The number of rotatable bonds is 3. The molecule has 1 heterocycles. The third kappa shape index (κ3) is 2.53. The number of halogens is 1. The van der Waals surface area contributed by atoms with Gasteiger partial charge in [0.05, 0.1) is 10.6 Å². The quantitative estimate of drug-likeness (QED) is 0.852. The number of carbonyl (C=O) groups is 1. The van der Waals surface area contributed by atoms with E-state index in [1.807, 2.05) is 13.1 Å². The van der Waals surface area contributed by atoms with E-state index in [4.69, 9.17) is 17.3 Å². The van der Waals surface area contributed by atoms with Crippen LogP contribution >= 0.6 is 11.6 Å². The van der Waals surface area contributed by atoms with Gasteiger partial charge in [0.25, 0.3) is 0 Å². The van der Waals surface area contributed by atoms with Gasteiger partial charge in [-0.05, 0) is 31.7 Å². The van der Waals surface area contributed by atoms with Crippen molar-refractivity contribution in [3.8, 4) is 0 Å². The molecule has 1 aliphatic rings. The Morgan fingerprint density at radius 1 is 1.59 bits per heavy atom. The number of primary amides is 1. The number of nitrogens with one attached hydrogen (secondary N) is 1. The van der Waals surface area contributed by atoms with Crippen LogP contribution in [0.1, 0.15) is 16.8 Å². The maximum atomic E-state index is 11.1. The Labute approximate surface area is 106 Å². The second-order valence-electron chi connectivity index (χ2n) is 4.25. The molecule has 0 bridgehead atoms. The molecule has 1 saturated heterocycles. The van der Waals surface area contributed by atoms with Crippen LogP contribution in [0, 0.1) is 0 Å². The summed E-state index contributed by atoms with van der Waals surface area (Å²) in [6, 6.07) is 5.90. The van der Waals surface area contributed by atoms with Crippen LogP contribution in [0.5, 0.6) is 0 Å². The summed E-state index contributed by atoms with van der Waals surface area (Å²) in [4.78, 5) is 13.3. The smallest absolute Gasteiger partial charge is 0.250 e. The standard InChI is InChI=1S/C12H16ClN3O/c1-15-8-4-5-16(7-8)9-2-3-10(12(14)17)11(13)6-9/h2-3,6,8,15H,4-5,7H2,1H3,(H2,14,17). The van der Waals surface area contributed by atoms with E-state index < -0.39 is 5.91 Å². The summed E-state index contributed by atoms with van der Waals surface area (Å²) < 4.78 is 0. The predicted octanol–water partition coefficient (Wildman–Crippen LogP) is 1.24. The average molecular weight is 254 g/mol. The summed E-state index contributed by atoms with van der Waals surface area (Å²) in [6.45, 7) is 1.96. The van der Waals surface area contributed by atoms with Crippen LogP contribution in [0.4, 0.5) is 5.69 Å². The van der Waals surface area contributed by atoms with Gasteiger partial charge in [0.1, 0.15) is 0 Å². The molecule has 1 atom stereocenters. The van der Waals surface area contributed by atoms with Crippen molar-refractivity contribution < 1.29 is 4.79 Å². The third-order valence-electron chi connectivity index (χ3n) is 3.18. The first-order valence-electron chi connectivity index (χ1n) is 5.63. The molecule has 17 heavy (non-hydrogen) atoms. The lowest BCUT2D eigenvalue weighted by Crippen LogP contribution is -2.29. The van der Waals surface area contributed by atoms with Gasteiger partial charge in [-0.2, -0.15) is 0 Å². The van der Waals surface area contributed by atoms with Gasteiger partial charge in [-0.15, -0.1) is 0 Å². The molecule has 0 aromatic heterocycles. The first kappa shape index (κ1) is 12.2. The number of hydrogen-bond acceptors (Lipinski definition) is 3. The van der Waals surface area contributed by atoms with E-state index in [-0.39, 0.29) is 0 Å². The molecular formula is C12H16ClN3O. The van der Waals surface area contributed by atoms with Crippen LogP contribution in [0.25, 0.3) is 0 Å². The minimum atomic E-state index is -0.490. The number of nitrogens with zero attached hydrogens (tertiary/aromatic N) is 1. The van der Waals surface area contributed by atoms with E-state index in [0.29, 0.717) is 16.6 Å². The van der Waals surface area contributed by atoms with E-state index in [1.165, 1.54) is 0 Å². The van der Waals surface area contributed by atoms with Crippen LogP contribution in [-0.2, 0) is 0 Å². The molecule has 1 aromatic carbocycles. The van der Waals surface area contributed by atoms with Crippen LogP contribution < -0.4 is 16.0 Å². The lowest BCUT2D eigenvalue weighted by Gasteiger charge is -2.19. The Morgan fingerprint density at radius 3 is 2.88 bits per heavy atom. The second-order valence-corrected chi connectivity index (χ2v) is 4.66. The summed E-state index contributed by atoms with van der Waals surface area (Å²) >= 11 is 6.03. The van der Waals surface area contributed by atoms with Crippen molar-refractivity contribution in [3.63, 3.8) is 0 Å². The van der Waals surface area contributed by atoms with Crippen LogP contribution in [0.3, 0.4) is 0 Å². The maximum absolute atomic E-state index is 11.1. The van der Waals surface area contributed by atoms with Crippen molar-refractivity contribution in [1.82, 2.24) is 5.32 Å². The molecule has 1 unspecified atom stereocenters. The molecular weight excluding hydrogens is 238 g/mol. The lowest BCUT2D eigenvalue weighted by molar-refractivity contribution is 0.100. The first-order chi connectivity index (χ1) is 8.11. The van der Waals surface area contributed by atoms with Crippen LogP contribution in [0.2, 0.25) is 5.02 Å². The monoisotopic (exact) mass is 253 g/mol. The van der Waals surface area contributed by atoms with Crippen molar-refractivity contribution in [2.75, 3.05) is 25.0 Å². The fourth-order valence-electron chi connectivity index (χ4n) is 2.13. The zero-order valence-corrected chi connectivity index (χ0v) is 10.5. The van der Waals surface area contributed by atoms with Gasteiger partial charge < -0.3 is 16.0 Å². The first-order valence-corrected chi connectivity index (χ1v) is 6.01. The molecule has 0 spiro atoms. The van der Waals surface area contributed by atoms with Gasteiger partial charge >= 0.3 is 0 Å². The van der Waals surface area contributed by atoms with Crippen LogP contribution in [0.15, 0.2) is 18.2 Å². The Bertz CT molecular complexity index is 436. The third-order valence-corrected chi connectivity index (χ3v) is 3.49. The van der Waals surface area contributed by atoms with Gasteiger partial charge in [-0.3, -0.25) is 4.79 Å². The zero-order chi connectivity index (χ0) is 12.4. The fourth-order valence-corrected chi connectivity index (χ4v) is 2.40. The molecule has 1 aromatic rings. The van der Waals surface area contributed by atoms with E-state index in [2.05, 4.69) is 10.2 Å². The molecule has 2 rings (SSSR count). The largest absolute Gasteiger partial charge is 0.370 e. The van der Waals surface area contributed by atoms with Gasteiger partial charge in [0.15, 0.2) is 0 Å². The van der Waals surface area contributed by atoms with Crippen molar-refractivity contribution in [2.45, 2.75) is 12.5 Å². The molecule has 0 aliphatic carbocycles. The lowest BCUT2D eigenvalue weighted by atomic mass is 10.2. The number of benzene rings is 1. The molecule has 3 N–H and O–H groups in total. The molecule has 1 amide bonds. The summed E-state index contributed by atoms with van der Waals surface area (Å²) in [7, 11) is 1.97. The van der Waals surface area contributed by atoms with Crippen molar-refractivity contribution >= 4 is 23.2 Å². The SMILES string of the molecule is CNC1CCN(c2ccc(C(N)=O)c(Cl)c2)C1. The summed E-state index contributed by atoms with van der Waals surface area (Å²) in [6.07, 6.45) is 1.12. The van der Waals surface area contributed by atoms with Gasteiger partial charge in [0, 0.05) is 24.8 Å². The molecule has 1 fully saturated rings. The average Bonchev–Trinajstić information content (AvgIpc) is 2.76. The van der Waals surface area contributed by atoms with Gasteiger partial charge in [-0.1, -0.05) is 11.6 Å². The highest BCUT2D eigenvalue weighted by atomic mass is 35.5.